The van der Waals surface area contributed by atoms with E-state index < -0.39 is 11.6 Å². The van der Waals surface area contributed by atoms with E-state index in [1.54, 1.807) is 18.3 Å². The fraction of sp³-hybridized carbons (Fsp3) is 0.292. The molecule has 0 radical (unpaired) electrons. The zero-order valence-electron chi connectivity index (χ0n) is 17.9. The second kappa shape index (κ2) is 8.62. The fourth-order valence-electron chi connectivity index (χ4n) is 4.40. The number of imidazole rings is 1. The first-order chi connectivity index (χ1) is 15.9. The predicted octanol–water partition coefficient (Wildman–Crippen LogP) is 5.42. The summed E-state index contributed by atoms with van der Waals surface area (Å²) in [6.45, 7) is 2.42. The van der Waals surface area contributed by atoms with Gasteiger partial charge in [0.1, 0.15) is 17.3 Å². The zero-order valence-corrected chi connectivity index (χ0v) is 18.7. The van der Waals surface area contributed by atoms with Crippen molar-refractivity contribution in [3.05, 3.63) is 76.6 Å². The van der Waals surface area contributed by atoms with Crippen LogP contribution in [0.15, 0.2) is 42.7 Å². The van der Waals surface area contributed by atoms with E-state index in [1.165, 1.54) is 34.1 Å². The molecule has 5 nitrogen and oxygen atoms in total. The van der Waals surface area contributed by atoms with Gasteiger partial charge in [0.05, 0.1) is 15.6 Å². The highest BCUT2D eigenvalue weighted by atomic mass is 32.1. The minimum atomic E-state index is -0.722. The summed E-state index contributed by atoms with van der Waals surface area (Å²) < 4.78 is 42.4. The Bertz CT molecular complexity index is 1330. The van der Waals surface area contributed by atoms with Gasteiger partial charge in [0.25, 0.3) is 5.91 Å². The Morgan fingerprint density at radius 1 is 1.09 bits per heavy atom. The Morgan fingerprint density at radius 2 is 1.88 bits per heavy atom. The molecular weight excluding hydrogens is 449 g/mol. The van der Waals surface area contributed by atoms with Gasteiger partial charge in [-0.05, 0) is 43.9 Å². The van der Waals surface area contributed by atoms with Gasteiger partial charge in [0, 0.05) is 37.5 Å². The lowest BCUT2D eigenvalue weighted by Gasteiger charge is -2.35. The maximum atomic E-state index is 14.1. The molecular formula is C24H21F3N4OS. The summed E-state index contributed by atoms with van der Waals surface area (Å²) in [7, 11) is 0. The van der Waals surface area contributed by atoms with Gasteiger partial charge in [0.15, 0.2) is 11.5 Å². The molecule has 33 heavy (non-hydrogen) atoms. The Kier molecular flexibility index (Phi) is 5.65. The van der Waals surface area contributed by atoms with Crippen LogP contribution in [0.4, 0.5) is 13.2 Å². The Balaban J connectivity index is 1.44. The molecule has 0 N–H and O–H groups in total. The second-order valence-electron chi connectivity index (χ2n) is 8.24. The Labute approximate surface area is 192 Å². The van der Waals surface area contributed by atoms with E-state index in [1.807, 2.05) is 11.8 Å². The van der Waals surface area contributed by atoms with E-state index in [-0.39, 0.29) is 23.4 Å². The maximum absolute atomic E-state index is 14.1. The number of hydrogen-bond acceptors (Lipinski definition) is 4. The van der Waals surface area contributed by atoms with Crippen LogP contribution in [0.5, 0.6) is 0 Å². The SMILES string of the molecule is Cc1nc(C(=O)N2CCCC[C@H]2Cc2cn3cc(F)cc(F)c3n2)c(-c2ccc(F)cc2)s1. The smallest absolute Gasteiger partial charge is 0.274 e. The quantitative estimate of drug-likeness (QED) is 0.400. The number of rotatable bonds is 4. The largest absolute Gasteiger partial charge is 0.334 e. The molecule has 170 valence electrons. The van der Waals surface area contributed by atoms with Crippen LogP contribution in [0.2, 0.25) is 0 Å². The number of pyridine rings is 1. The highest BCUT2D eigenvalue weighted by molar-refractivity contribution is 7.15. The van der Waals surface area contributed by atoms with Gasteiger partial charge in [0.2, 0.25) is 0 Å². The van der Waals surface area contributed by atoms with E-state index in [0.717, 1.165) is 35.9 Å². The van der Waals surface area contributed by atoms with Crippen molar-refractivity contribution in [1.29, 1.82) is 0 Å². The maximum Gasteiger partial charge on any atom is 0.274 e. The lowest BCUT2D eigenvalue weighted by molar-refractivity contribution is 0.0608. The first kappa shape index (κ1) is 21.6. The first-order valence-electron chi connectivity index (χ1n) is 10.8. The van der Waals surface area contributed by atoms with E-state index in [2.05, 4.69) is 9.97 Å². The highest BCUT2D eigenvalue weighted by Crippen LogP contribution is 2.33. The number of thiazole rings is 1. The van der Waals surface area contributed by atoms with Gasteiger partial charge >= 0.3 is 0 Å². The number of fused-ring (bicyclic) bond motifs is 1. The molecule has 1 aliphatic rings. The molecule has 1 aliphatic heterocycles. The van der Waals surface area contributed by atoms with Crippen LogP contribution >= 0.6 is 11.3 Å². The number of carbonyl (C=O) groups is 1. The highest BCUT2D eigenvalue weighted by Gasteiger charge is 2.31. The van der Waals surface area contributed by atoms with Crippen molar-refractivity contribution in [1.82, 2.24) is 19.3 Å². The van der Waals surface area contributed by atoms with Gasteiger partial charge in [-0.1, -0.05) is 12.1 Å². The van der Waals surface area contributed by atoms with Crippen molar-refractivity contribution in [2.24, 2.45) is 0 Å². The van der Waals surface area contributed by atoms with E-state index in [4.69, 9.17) is 0 Å². The molecule has 4 aromatic rings. The second-order valence-corrected chi connectivity index (χ2v) is 9.44. The molecule has 1 amide bonds. The lowest BCUT2D eigenvalue weighted by atomic mass is 9.97. The van der Waals surface area contributed by atoms with Crippen molar-refractivity contribution in [3.8, 4) is 10.4 Å². The summed E-state index contributed by atoms with van der Waals surface area (Å²) in [5, 5.41) is 0.754. The summed E-state index contributed by atoms with van der Waals surface area (Å²) in [6, 6.07) is 6.71. The van der Waals surface area contributed by atoms with Gasteiger partial charge in [-0.2, -0.15) is 0 Å². The van der Waals surface area contributed by atoms with E-state index in [9.17, 15) is 18.0 Å². The molecule has 9 heteroatoms. The summed E-state index contributed by atoms with van der Waals surface area (Å²) in [6.07, 6.45) is 5.85. The monoisotopic (exact) mass is 470 g/mol. The Morgan fingerprint density at radius 3 is 2.67 bits per heavy atom. The van der Waals surface area contributed by atoms with Crippen molar-refractivity contribution in [2.45, 2.75) is 38.6 Å². The number of piperidine rings is 1. The summed E-state index contributed by atoms with van der Waals surface area (Å²) >= 11 is 1.40. The number of nitrogens with zero attached hydrogens (tertiary/aromatic N) is 4. The number of carbonyl (C=O) groups excluding carboxylic acids is 1. The van der Waals surface area contributed by atoms with Gasteiger partial charge in [-0.25, -0.2) is 23.1 Å². The number of aryl methyl sites for hydroxylation is 1. The zero-order chi connectivity index (χ0) is 23.1. The molecule has 5 rings (SSSR count). The minimum absolute atomic E-state index is 0.0637. The molecule has 0 aliphatic carbocycles. The summed E-state index contributed by atoms with van der Waals surface area (Å²) in [5.41, 5.74) is 1.77. The average molecular weight is 471 g/mol. The van der Waals surface area contributed by atoms with E-state index >= 15 is 0 Å². The van der Waals surface area contributed by atoms with Crippen LogP contribution in [0, 0.1) is 24.4 Å². The van der Waals surface area contributed by atoms with Gasteiger partial charge in [-0.3, -0.25) is 4.79 Å². The van der Waals surface area contributed by atoms with Crippen molar-refractivity contribution < 1.29 is 18.0 Å². The third kappa shape index (κ3) is 4.25. The van der Waals surface area contributed by atoms with Crippen molar-refractivity contribution in [3.63, 3.8) is 0 Å². The van der Waals surface area contributed by atoms with Gasteiger partial charge < -0.3 is 9.30 Å². The van der Waals surface area contributed by atoms with Crippen molar-refractivity contribution >= 4 is 22.9 Å². The van der Waals surface area contributed by atoms with Crippen LogP contribution in [0.3, 0.4) is 0 Å². The van der Waals surface area contributed by atoms with Gasteiger partial charge in [-0.15, -0.1) is 11.3 Å². The molecule has 1 fully saturated rings. The lowest BCUT2D eigenvalue weighted by Crippen LogP contribution is -2.45. The van der Waals surface area contributed by atoms with Crippen LogP contribution in [-0.2, 0) is 6.42 Å². The molecule has 1 atom stereocenters. The molecule has 0 spiro atoms. The number of hydrogen-bond donors (Lipinski definition) is 0. The molecule has 4 heterocycles. The molecule has 0 saturated carbocycles. The van der Waals surface area contributed by atoms with Crippen LogP contribution < -0.4 is 0 Å². The number of benzene rings is 1. The Hall–Kier alpha value is -3.20. The molecule has 3 aromatic heterocycles. The van der Waals surface area contributed by atoms with E-state index in [0.29, 0.717) is 29.2 Å². The van der Waals surface area contributed by atoms with Crippen LogP contribution in [0.1, 0.15) is 40.5 Å². The summed E-state index contributed by atoms with van der Waals surface area (Å²) in [5.74, 6) is -1.91. The third-order valence-corrected chi connectivity index (χ3v) is 6.92. The fourth-order valence-corrected chi connectivity index (χ4v) is 5.32. The first-order valence-corrected chi connectivity index (χ1v) is 11.6. The number of aromatic nitrogens is 3. The minimum Gasteiger partial charge on any atom is -0.334 e. The van der Waals surface area contributed by atoms with Crippen LogP contribution in [-0.4, -0.2) is 37.8 Å². The standard InChI is InChI=1S/C24H21F3N4OS/c1-14-28-21(22(33-14)15-5-7-16(25)8-6-15)24(32)31-9-3-2-4-19(31)11-18-13-30-12-17(26)10-20(27)23(30)29-18/h5-8,10,12-13,19H,2-4,9,11H2,1H3/t19-/m0/s1. The molecule has 1 saturated heterocycles. The third-order valence-electron chi connectivity index (χ3n) is 5.90. The summed E-state index contributed by atoms with van der Waals surface area (Å²) in [4.78, 5) is 25.0. The van der Waals surface area contributed by atoms with Crippen molar-refractivity contribution in [2.75, 3.05) is 6.54 Å². The van der Waals surface area contributed by atoms with Crippen LogP contribution in [0.25, 0.3) is 16.1 Å². The topological polar surface area (TPSA) is 50.5 Å². The molecule has 1 aromatic carbocycles. The molecule has 0 bridgehead atoms. The average Bonchev–Trinajstić information content (AvgIpc) is 3.37. The predicted molar refractivity (Wildman–Crippen MR) is 120 cm³/mol. The number of halogens is 3. The number of amides is 1. The normalized spacial score (nSPS) is 16.5. The molecule has 0 unspecified atom stereocenters. The number of likely N-dealkylation sites (tertiary alicyclic amines) is 1.